The smallest absolute Gasteiger partial charge is 0.354 e. The van der Waals surface area contributed by atoms with E-state index in [1.54, 1.807) is 12.3 Å². The second kappa shape index (κ2) is 3.88. The first kappa shape index (κ1) is 9.96. The molecule has 1 aliphatic carbocycles. The molecule has 0 amide bonds. The van der Waals surface area contributed by atoms with E-state index in [1.165, 1.54) is 18.9 Å². The van der Waals surface area contributed by atoms with Crippen LogP contribution in [0.3, 0.4) is 0 Å². The van der Waals surface area contributed by atoms with E-state index in [9.17, 15) is 4.79 Å². The van der Waals surface area contributed by atoms with Crippen molar-refractivity contribution in [2.24, 2.45) is 5.92 Å². The number of carbonyl (C=O) groups is 1. The minimum atomic E-state index is -0.989. The first-order chi connectivity index (χ1) is 7.16. The molecule has 1 aromatic rings. The van der Waals surface area contributed by atoms with Gasteiger partial charge in [0.25, 0.3) is 0 Å². The fourth-order valence-electron chi connectivity index (χ4n) is 1.58. The molecule has 2 rings (SSSR count). The minimum absolute atomic E-state index is 0.0830. The average molecular weight is 206 g/mol. The summed E-state index contributed by atoms with van der Waals surface area (Å²) in [4.78, 5) is 14.4. The highest BCUT2D eigenvalue weighted by atomic mass is 16.4. The Morgan fingerprint density at radius 3 is 2.80 bits per heavy atom. The standard InChI is InChI=1S/C11H14N2O2/c1-7(8-2-3-8)13-9-4-5-10(11(14)15)12-6-9/h4-8,13H,2-3H2,1H3,(H,14,15). The second-order valence-corrected chi connectivity index (χ2v) is 4.01. The number of anilines is 1. The molecule has 0 aliphatic heterocycles. The number of rotatable bonds is 4. The van der Waals surface area contributed by atoms with Gasteiger partial charge < -0.3 is 10.4 Å². The molecule has 4 heteroatoms. The number of pyridine rings is 1. The molecule has 1 saturated carbocycles. The molecule has 1 fully saturated rings. The van der Waals surface area contributed by atoms with E-state index < -0.39 is 5.97 Å². The fourth-order valence-corrected chi connectivity index (χ4v) is 1.58. The van der Waals surface area contributed by atoms with Crippen LogP contribution in [0.15, 0.2) is 18.3 Å². The van der Waals surface area contributed by atoms with Crippen LogP contribution in [0.2, 0.25) is 0 Å². The Morgan fingerprint density at radius 1 is 1.60 bits per heavy atom. The van der Waals surface area contributed by atoms with Gasteiger partial charge >= 0.3 is 5.97 Å². The highest BCUT2D eigenvalue weighted by Crippen LogP contribution is 2.33. The van der Waals surface area contributed by atoms with Crippen molar-refractivity contribution in [1.82, 2.24) is 4.98 Å². The number of aromatic nitrogens is 1. The number of nitrogens with zero attached hydrogens (tertiary/aromatic N) is 1. The highest BCUT2D eigenvalue weighted by Gasteiger charge is 2.27. The van der Waals surface area contributed by atoms with Crippen molar-refractivity contribution in [1.29, 1.82) is 0 Å². The van der Waals surface area contributed by atoms with Crippen molar-refractivity contribution in [2.75, 3.05) is 5.32 Å². The van der Waals surface area contributed by atoms with E-state index in [4.69, 9.17) is 5.11 Å². The van der Waals surface area contributed by atoms with Gasteiger partial charge in [-0.2, -0.15) is 0 Å². The number of carboxylic acids is 1. The van der Waals surface area contributed by atoms with Crippen molar-refractivity contribution < 1.29 is 9.90 Å². The van der Waals surface area contributed by atoms with Gasteiger partial charge in [-0.1, -0.05) is 0 Å². The normalized spacial score (nSPS) is 17.1. The van der Waals surface area contributed by atoms with Gasteiger partial charge in [0.2, 0.25) is 0 Å². The quantitative estimate of drug-likeness (QED) is 0.790. The third kappa shape index (κ3) is 2.46. The van der Waals surface area contributed by atoms with Crippen molar-refractivity contribution in [3.05, 3.63) is 24.0 Å². The van der Waals surface area contributed by atoms with Crippen molar-refractivity contribution in [3.63, 3.8) is 0 Å². The summed E-state index contributed by atoms with van der Waals surface area (Å²) in [6, 6.07) is 3.72. The Labute approximate surface area is 88.3 Å². The molecule has 2 N–H and O–H groups in total. The van der Waals surface area contributed by atoms with Gasteiger partial charge in [0.1, 0.15) is 5.69 Å². The molecular weight excluding hydrogens is 192 g/mol. The summed E-state index contributed by atoms with van der Waals surface area (Å²) in [7, 11) is 0. The maximum Gasteiger partial charge on any atom is 0.354 e. The summed E-state index contributed by atoms with van der Waals surface area (Å²) in [6.07, 6.45) is 4.14. The minimum Gasteiger partial charge on any atom is -0.477 e. The summed E-state index contributed by atoms with van der Waals surface area (Å²) in [6.45, 7) is 2.14. The molecule has 80 valence electrons. The Kier molecular flexibility index (Phi) is 2.58. The zero-order valence-electron chi connectivity index (χ0n) is 8.60. The van der Waals surface area contributed by atoms with Crippen LogP contribution in [0.4, 0.5) is 5.69 Å². The van der Waals surface area contributed by atoms with E-state index in [1.807, 2.05) is 0 Å². The van der Waals surface area contributed by atoms with Crippen LogP contribution < -0.4 is 5.32 Å². The number of aromatic carboxylic acids is 1. The Morgan fingerprint density at radius 2 is 2.33 bits per heavy atom. The summed E-state index contributed by atoms with van der Waals surface area (Å²) in [5.74, 6) is -0.221. The van der Waals surface area contributed by atoms with Crippen molar-refractivity contribution in [3.8, 4) is 0 Å². The summed E-state index contributed by atoms with van der Waals surface area (Å²) < 4.78 is 0. The first-order valence-electron chi connectivity index (χ1n) is 5.12. The fraction of sp³-hybridized carbons (Fsp3) is 0.455. The van der Waals surface area contributed by atoms with Crippen LogP contribution in [0, 0.1) is 5.92 Å². The van der Waals surface area contributed by atoms with Crippen LogP contribution >= 0.6 is 0 Å². The van der Waals surface area contributed by atoms with Gasteiger partial charge in [-0.05, 0) is 37.8 Å². The molecular formula is C11H14N2O2. The molecule has 0 saturated heterocycles. The van der Waals surface area contributed by atoms with Crippen molar-refractivity contribution >= 4 is 11.7 Å². The van der Waals surface area contributed by atoms with Gasteiger partial charge in [0.05, 0.1) is 11.9 Å². The molecule has 0 spiro atoms. The SMILES string of the molecule is CC(Nc1ccc(C(=O)O)nc1)C1CC1. The lowest BCUT2D eigenvalue weighted by atomic mass is 10.2. The largest absolute Gasteiger partial charge is 0.477 e. The second-order valence-electron chi connectivity index (χ2n) is 4.01. The molecule has 4 nitrogen and oxygen atoms in total. The lowest BCUT2D eigenvalue weighted by Crippen LogP contribution is -2.17. The molecule has 1 aliphatic rings. The monoisotopic (exact) mass is 206 g/mol. The van der Waals surface area contributed by atoms with Crippen LogP contribution in [0.25, 0.3) is 0 Å². The Balaban J connectivity index is 1.99. The van der Waals surface area contributed by atoms with Gasteiger partial charge in [-0.25, -0.2) is 9.78 Å². The summed E-state index contributed by atoms with van der Waals surface area (Å²) in [5, 5.41) is 12.0. The van der Waals surface area contributed by atoms with Crippen LogP contribution in [-0.4, -0.2) is 22.1 Å². The van der Waals surface area contributed by atoms with Gasteiger partial charge in [0.15, 0.2) is 0 Å². The van der Waals surface area contributed by atoms with E-state index in [2.05, 4.69) is 17.2 Å². The third-order valence-corrected chi connectivity index (χ3v) is 2.71. The molecule has 1 heterocycles. The predicted octanol–water partition coefficient (Wildman–Crippen LogP) is 1.99. The maximum absolute atomic E-state index is 10.6. The summed E-state index contributed by atoms with van der Waals surface area (Å²) in [5.41, 5.74) is 0.971. The first-order valence-corrected chi connectivity index (χ1v) is 5.12. The Hall–Kier alpha value is -1.58. The average Bonchev–Trinajstić information content (AvgIpc) is 3.01. The number of nitrogens with one attached hydrogen (secondary N) is 1. The van der Waals surface area contributed by atoms with E-state index >= 15 is 0 Å². The van der Waals surface area contributed by atoms with Crippen LogP contribution in [-0.2, 0) is 0 Å². The molecule has 1 atom stereocenters. The molecule has 1 unspecified atom stereocenters. The zero-order valence-corrected chi connectivity index (χ0v) is 8.60. The lowest BCUT2D eigenvalue weighted by Gasteiger charge is -2.13. The molecule has 0 aromatic carbocycles. The molecule has 1 aromatic heterocycles. The Bertz CT molecular complexity index is 357. The zero-order chi connectivity index (χ0) is 10.8. The van der Waals surface area contributed by atoms with E-state index in [0.717, 1.165) is 11.6 Å². The number of carboxylic acid groups (broad SMARTS) is 1. The van der Waals surface area contributed by atoms with Crippen LogP contribution in [0.1, 0.15) is 30.3 Å². The number of hydrogen-bond acceptors (Lipinski definition) is 3. The van der Waals surface area contributed by atoms with E-state index in [-0.39, 0.29) is 5.69 Å². The van der Waals surface area contributed by atoms with Crippen molar-refractivity contribution in [2.45, 2.75) is 25.8 Å². The molecule has 0 bridgehead atoms. The predicted molar refractivity (Wildman–Crippen MR) is 57.0 cm³/mol. The van der Waals surface area contributed by atoms with E-state index in [0.29, 0.717) is 6.04 Å². The summed E-state index contributed by atoms with van der Waals surface area (Å²) >= 11 is 0. The van der Waals surface area contributed by atoms with Crippen LogP contribution in [0.5, 0.6) is 0 Å². The van der Waals surface area contributed by atoms with Gasteiger partial charge in [-0.3, -0.25) is 0 Å². The van der Waals surface area contributed by atoms with Gasteiger partial charge in [-0.15, -0.1) is 0 Å². The molecule has 0 radical (unpaired) electrons. The van der Waals surface area contributed by atoms with Gasteiger partial charge in [0, 0.05) is 6.04 Å². The maximum atomic E-state index is 10.6. The topological polar surface area (TPSA) is 62.2 Å². The molecule has 15 heavy (non-hydrogen) atoms. The number of hydrogen-bond donors (Lipinski definition) is 2. The highest BCUT2D eigenvalue weighted by molar-refractivity contribution is 5.85. The third-order valence-electron chi connectivity index (χ3n) is 2.71. The lowest BCUT2D eigenvalue weighted by molar-refractivity contribution is 0.0690.